The van der Waals surface area contributed by atoms with Gasteiger partial charge in [0.2, 0.25) is 0 Å². The topological polar surface area (TPSA) is 55.8 Å². The maximum atomic E-state index is 12.2. The van der Waals surface area contributed by atoms with Gasteiger partial charge in [0, 0.05) is 16.6 Å². The molecule has 0 spiro atoms. The van der Waals surface area contributed by atoms with E-state index < -0.39 is 0 Å². The molecule has 22 heavy (non-hydrogen) atoms. The largest absolute Gasteiger partial charge is 0.493 e. The van der Waals surface area contributed by atoms with Gasteiger partial charge in [0.15, 0.2) is 11.5 Å². The number of imide groups is 1. The van der Waals surface area contributed by atoms with Crippen molar-refractivity contribution in [1.29, 1.82) is 0 Å². The highest BCUT2D eigenvalue weighted by Gasteiger charge is 2.34. The Balaban J connectivity index is 2.45. The second kappa shape index (κ2) is 7.02. The summed E-state index contributed by atoms with van der Waals surface area (Å²) < 4.78 is 11.4. The highest BCUT2D eigenvalue weighted by Crippen LogP contribution is 2.39. The van der Waals surface area contributed by atoms with Crippen molar-refractivity contribution in [1.82, 2.24) is 4.90 Å². The van der Waals surface area contributed by atoms with Crippen molar-refractivity contribution < 1.29 is 19.1 Å². The zero-order valence-electron chi connectivity index (χ0n) is 12.1. The predicted molar refractivity (Wildman–Crippen MR) is 90.1 cm³/mol. The lowest BCUT2D eigenvalue weighted by atomic mass is 10.1. The van der Waals surface area contributed by atoms with Crippen LogP contribution in [-0.2, 0) is 4.79 Å². The zero-order chi connectivity index (χ0) is 16.3. The molecule has 1 aliphatic heterocycles. The molecule has 0 radical (unpaired) electrons. The molecule has 0 aromatic heterocycles. The summed E-state index contributed by atoms with van der Waals surface area (Å²) in [6, 6.07) is 3.56. The molecule has 0 aliphatic carbocycles. The van der Waals surface area contributed by atoms with Gasteiger partial charge in [0.05, 0.1) is 19.1 Å². The van der Waals surface area contributed by atoms with Gasteiger partial charge in [0.1, 0.15) is 0 Å². The molecule has 7 heteroatoms. The van der Waals surface area contributed by atoms with E-state index >= 15 is 0 Å². The third-order valence-electron chi connectivity index (χ3n) is 2.94. The smallest absolute Gasteiger partial charge is 0.293 e. The number of carbonyl (C=O) groups excluding carboxylic acids is 2. The molecule has 1 aromatic carbocycles. The Bertz CT molecular complexity index is 672. The van der Waals surface area contributed by atoms with Gasteiger partial charge in [-0.25, -0.2) is 0 Å². The van der Waals surface area contributed by atoms with Gasteiger partial charge < -0.3 is 9.47 Å². The lowest BCUT2D eigenvalue weighted by Crippen LogP contribution is -2.27. The molecule has 1 heterocycles. The number of hydrogen-bond donors (Lipinski definition) is 0. The van der Waals surface area contributed by atoms with Crippen LogP contribution in [0.5, 0.6) is 11.5 Å². The van der Waals surface area contributed by atoms with E-state index in [0.717, 1.165) is 21.1 Å². The molecule has 0 unspecified atom stereocenters. The number of hydrogen-bond acceptors (Lipinski definition) is 5. The third-order valence-corrected chi connectivity index (χ3v) is 4.31. The molecule has 1 aromatic rings. The summed E-state index contributed by atoms with van der Waals surface area (Å²) in [5, 5.41) is -0.308. The first-order valence-corrected chi connectivity index (χ1v) is 7.90. The van der Waals surface area contributed by atoms with E-state index in [1.807, 2.05) is 0 Å². The Morgan fingerprint density at radius 2 is 2.05 bits per heavy atom. The van der Waals surface area contributed by atoms with Crippen LogP contribution in [0.4, 0.5) is 4.79 Å². The van der Waals surface area contributed by atoms with E-state index in [4.69, 9.17) is 9.47 Å². The van der Waals surface area contributed by atoms with Crippen LogP contribution < -0.4 is 9.47 Å². The number of amides is 2. The zero-order valence-corrected chi connectivity index (χ0v) is 14.5. The normalized spacial score (nSPS) is 16.3. The van der Waals surface area contributed by atoms with Crippen LogP contribution in [0.15, 0.2) is 34.2 Å². The maximum absolute atomic E-state index is 12.2. The standard InChI is InChI=1S/C15H14BrNO4S/c1-4-5-17-14(18)12(22-15(17)19)7-9-6-10(16)8-11(20-2)13(9)21-3/h4,6-8H,1,5H2,2-3H3. The van der Waals surface area contributed by atoms with Crippen LogP contribution in [0.1, 0.15) is 5.56 Å². The number of benzene rings is 1. The minimum absolute atomic E-state index is 0.195. The monoisotopic (exact) mass is 383 g/mol. The van der Waals surface area contributed by atoms with Gasteiger partial charge in [-0.05, 0) is 30.0 Å². The van der Waals surface area contributed by atoms with E-state index in [-0.39, 0.29) is 17.7 Å². The summed E-state index contributed by atoms with van der Waals surface area (Å²) in [4.78, 5) is 25.5. The molecule has 2 rings (SSSR count). The van der Waals surface area contributed by atoms with Crippen molar-refractivity contribution in [3.63, 3.8) is 0 Å². The van der Waals surface area contributed by atoms with Crippen molar-refractivity contribution in [2.75, 3.05) is 20.8 Å². The van der Waals surface area contributed by atoms with Gasteiger partial charge in [0.25, 0.3) is 11.1 Å². The molecule has 5 nitrogen and oxygen atoms in total. The quantitative estimate of drug-likeness (QED) is 0.573. The molecule has 1 fully saturated rings. The molecular formula is C15H14BrNO4S. The van der Waals surface area contributed by atoms with Crippen molar-refractivity contribution in [2.24, 2.45) is 0 Å². The molecular weight excluding hydrogens is 370 g/mol. The van der Waals surface area contributed by atoms with E-state index in [2.05, 4.69) is 22.5 Å². The molecule has 0 bridgehead atoms. The van der Waals surface area contributed by atoms with E-state index in [1.165, 1.54) is 20.3 Å². The van der Waals surface area contributed by atoms with Crippen LogP contribution in [0.2, 0.25) is 0 Å². The van der Waals surface area contributed by atoms with E-state index in [0.29, 0.717) is 22.0 Å². The molecule has 1 saturated heterocycles. The minimum atomic E-state index is -0.337. The van der Waals surface area contributed by atoms with Crippen LogP contribution in [0.25, 0.3) is 6.08 Å². The summed E-state index contributed by atoms with van der Waals surface area (Å²) in [7, 11) is 3.05. The number of methoxy groups -OCH3 is 2. The van der Waals surface area contributed by atoms with E-state index in [9.17, 15) is 9.59 Å². The Kier molecular flexibility index (Phi) is 5.31. The number of halogens is 1. The number of rotatable bonds is 5. The first-order chi connectivity index (χ1) is 10.5. The first-order valence-electron chi connectivity index (χ1n) is 6.29. The lowest BCUT2D eigenvalue weighted by Gasteiger charge is -2.11. The van der Waals surface area contributed by atoms with Gasteiger partial charge in [-0.1, -0.05) is 22.0 Å². The van der Waals surface area contributed by atoms with Gasteiger partial charge in [-0.2, -0.15) is 0 Å². The van der Waals surface area contributed by atoms with Crippen LogP contribution >= 0.6 is 27.7 Å². The summed E-state index contributed by atoms with van der Waals surface area (Å²) in [6.07, 6.45) is 3.14. The average Bonchev–Trinajstić information content (AvgIpc) is 2.74. The Morgan fingerprint density at radius 3 is 2.64 bits per heavy atom. The van der Waals surface area contributed by atoms with Crippen LogP contribution in [0, 0.1) is 0 Å². The number of ether oxygens (including phenoxy) is 2. The highest BCUT2D eigenvalue weighted by molar-refractivity contribution is 9.10. The molecule has 0 saturated carbocycles. The fourth-order valence-electron chi connectivity index (χ4n) is 1.99. The minimum Gasteiger partial charge on any atom is -0.493 e. The summed E-state index contributed by atoms with van der Waals surface area (Å²) in [6.45, 7) is 3.74. The van der Waals surface area contributed by atoms with Crippen molar-refractivity contribution in [2.45, 2.75) is 0 Å². The number of nitrogens with zero attached hydrogens (tertiary/aromatic N) is 1. The fourth-order valence-corrected chi connectivity index (χ4v) is 3.29. The summed E-state index contributed by atoms with van der Waals surface area (Å²) >= 11 is 4.28. The Morgan fingerprint density at radius 1 is 1.32 bits per heavy atom. The molecule has 0 atom stereocenters. The molecule has 1 aliphatic rings. The van der Waals surface area contributed by atoms with Crippen LogP contribution in [-0.4, -0.2) is 36.8 Å². The van der Waals surface area contributed by atoms with Crippen molar-refractivity contribution in [3.8, 4) is 11.5 Å². The van der Waals surface area contributed by atoms with Gasteiger partial charge >= 0.3 is 0 Å². The molecule has 2 amide bonds. The van der Waals surface area contributed by atoms with Crippen LogP contribution in [0.3, 0.4) is 0 Å². The van der Waals surface area contributed by atoms with Gasteiger partial charge in [-0.15, -0.1) is 6.58 Å². The van der Waals surface area contributed by atoms with Gasteiger partial charge in [-0.3, -0.25) is 14.5 Å². The highest BCUT2D eigenvalue weighted by atomic mass is 79.9. The number of thioether (sulfide) groups is 1. The summed E-state index contributed by atoms with van der Waals surface area (Å²) in [5.74, 6) is 0.700. The maximum Gasteiger partial charge on any atom is 0.293 e. The third kappa shape index (κ3) is 3.20. The number of carbonyl (C=O) groups is 2. The Labute approximate surface area is 141 Å². The summed E-state index contributed by atoms with van der Waals surface area (Å²) in [5.41, 5.74) is 0.651. The van der Waals surface area contributed by atoms with Crippen molar-refractivity contribution in [3.05, 3.63) is 39.7 Å². The first kappa shape index (κ1) is 16.6. The second-order valence-electron chi connectivity index (χ2n) is 4.31. The van der Waals surface area contributed by atoms with E-state index in [1.54, 1.807) is 18.2 Å². The average molecular weight is 384 g/mol. The molecule has 116 valence electrons. The molecule has 0 N–H and O–H groups in total. The van der Waals surface area contributed by atoms with Crippen molar-refractivity contribution >= 4 is 44.9 Å². The SMILES string of the molecule is C=CCN1C(=O)SC(=Cc2cc(Br)cc(OC)c2OC)C1=O. The lowest BCUT2D eigenvalue weighted by molar-refractivity contribution is -0.122. The fraction of sp³-hybridized carbons (Fsp3) is 0.200. The second-order valence-corrected chi connectivity index (χ2v) is 6.22. The Hall–Kier alpha value is -1.73. The predicted octanol–water partition coefficient (Wildman–Crippen LogP) is 3.69.